The number of nitrogens with zero attached hydrogens (tertiary/aromatic N) is 3. The van der Waals surface area contributed by atoms with E-state index in [1.807, 2.05) is 14.7 Å². The minimum Gasteiger partial charge on any atom is -0.480 e. The van der Waals surface area contributed by atoms with Crippen LogP contribution in [-0.2, 0) is 4.79 Å². The molecule has 0 aromatic heterocycles. The quantitative estimate of drug-likeness (QED) is 0.819. The normalized spacial score (nSPS) is 23.7. The summed E-state index contributed by atoms with van der Waals surface area (Å²) in [7, 11) is 0. The molecule has 0 bridgehead atoms. The number of piperazine rings is 1. The van der Waals surface area contributed by atoms with Crippen LogP contribution in [0.4, 0.5) is 4.79 Å². The Hall–Kier alpha value is -1.30. The zero-order valence-electron chi connectivity index (χ0n) is 12.4. The Balaban J connectivity index is 1.81. The molecule has 6 heteroatoms. The van der Waals surface area contributed by atoms with E-state index in [0.29, 0.717) is 32.1 Å². The topological polar surface area (TPSA) is 64.1 Å². The summed E-state index contributed by atoms with van der Waals surface area (Å²) in [6.07, 6.45) is 2.17. The molecule has 1 atom stereocenters. The number of hydrogen-bond acceptors (Lipinski definition) is 3. The zero-order valence-corrected chi connectivity index (χ0v) is 12.4. The van der Waals surface area contributed by atoms with Crippen LogP contribution in [0.2, 0.25) is 0 Å². The molecule has 114 valence electrons. The van der Waals surface area contributed by atoms with Crippen LogP contribution in [-0.4, -0.2) is 77.1 Å². The first-order valence-electron chi connectivity index (χ1n) is 7.49. The highest BCUT2D eigenvalue weighted by molar-refractivity contribution is 5.75. The third kappa shape index (κ3) is 3.42. The van der Waals surface area contributed by atoms with Gasteiger partial charge >= 0.3 is 12.0 Å². The summed E-state index contributed by atoms with van der Waals surface area (Å²) >= 11 is 0. The molecule has 2 amide bonds. The Morgan fingerprint density at radius 2 is 1.50 bits per heavy atom. The van der Waals surface area contributed by atoms with Gasteiger partial charge in [-0.3, -0.25) is 9.69 Å². The molecule has 0 spiro atoms. The highest BCUT2D eigenvalue weighted by Crippen LogP contribution is 2.18. The van der Waals surface area contributed by atoms with Gasteiger partial charge in [-0.2, -0.15) is 0 Å². The average molecular weight is 283 g/mol. The number of rotatable bonds is 2. The number of piperidine rings is 1. The van der Waals surface area contributed by atoms with E-state index < -0.39 is 12.0 Å². The predicted molar refractivity (Wildman–Crippen MR) is 75.6 cm³/mol. The molecule has 6 nitrogen and oxygen atoms in total. The Morgan fingerprint density at radius 1 is 1.00 bits per heavy atom. The van der Waals surface area contributed by atoms with Crippen LogP contribution < -0.4 is 0 Å². The predicted octanol–water partition coefficient (Wildman–Crippen LogP) is 0.929. The first kappa shape index (κ1) is 15.1. The smallest absolute Gasteiger partial charge is 0.320 e. The van der Waals surface area contributed by atoms with Crippen molar-refractivity contribution < 1.29 is 14.7 Å². The van der Waals surface area contributed by atoms with Gasteiger partial charge in [-0.25, -0.2) is 4.79 Å². The summed E-state index contributed by atoms with van der Waals surface area (Å²) in [4.78, 5) is 29.1. The molecule has 2 aliphatic heterocycles. The van der Waals surface area contributed by atoms with Gasteiger partial charge in [0.05, 0.1) is 0 Å². The monoisotopic (exact) mass is 283 g/mol. The van der Waals surface area contributed by atoms with E-state index in [-0.39, 0.29) is 6.03 Å². The molecule has 1 N–H and O–H groups in total. The van der Waals surface area contributed by atoms with Crippen molar-refractivity contribution >= 4 is 12.0 Å². The van der Waals surface area contributed by atoms with Crippen LogP contribution in [0.25, 0.3) is 0 Å². The number of aliphatic carboxylic acids is 1. The minimum atomic E-state index is -0.796. The SMILES string of the molecule is CC1CCN(C(=O)N2CCN(C(C)C(=O)O)CC2)CC1. The molecule has 0 aliphatic carbocycles. The molecular weight excluding hydrogens is 258 g/mol. The minimum absolute atomic E-state index is 0.125. The van der Waals surface area contributed by atoms with Gasteiger partial charge in [0.25, 0.3) is 0 Å². The molecule has 2 aliphatic rings. The molecule has 0 aromatic rings. The Labute approximate surface area is 120 Å². The fraction of sp³-hybridized carbons (Fsp3) is 0.857. The second kappa shape index (κ2) is 6.43. The molecule has 2 saturated heterocycles. The molecule has 0 radical (unpaired) electrons. The second-order valence-electron chi connectivity index (χ2n) is 5.99. The third-order valence-corrected chi connectivity index (χ3v) is 4.54. The first-order valence-corrected chi connectivity index (χ1v) is 7.49. The summed E-state index contributed by atoms with van der Waals surface area (Å²) in [5, 5.41) is 9.01. The maximum Gasteiger partial charge on any atom is 0.320 e. The Morgan fingerprint density at radius 3 is 2.00 bits per heavy atom. The van der Waals surface area contributed by atoms with Crippen molar-refractivity contribution in [1.82, 2.24) is 14.7 Å². The third-order valence-electron chi connectivity index (χ3n) is 4.54. The number of carboxylic acids is 1. The lowest BCUT2D eigenvalue weighted by atomic mass is 9.99. The summed E-state index contributed by atoms with van der Waals surface area (Å²) in [5.74, 6) is -0.0814. The highest BCUT2D eigenvalue weighted by Gasteiger charge is 2.30. The van der Waals surface area contributed by atoms with Crippen molar-refractivity contribution in [3.8, 4) is 0 Å². The molecule has 2 rings (SSSR count). The van der Waals surface area contributed by atoms with E-state index in [1.54, 1.807) is 6.92 Å². The number of hydrogen-bond donors (Lipinski definition) is 1. The van der Waals surface area contributed by atoms with Crippen LogP contribution in [0.5, 0.6) is 0 Å². The summed E-state index contributed by atoms with van der Waals surface area (Å²) in [6, 6.07) is -0.345. The number of likely N-dealkylation sites (tertiary alicyclic amines) is 1. The molecule has 0 saturated carbocycles. The number of carbonyl (C=O) groups excluding carboxylic acids is 1. The van der Waals surface area contributed by atoms with Crippen LogP contribution >= 0.6 is 0 Å². The number of carboxylic acid groups (broad SMARTS) is 1. The van der Waals surface area contributed by atoms with Crippen LogP contribution in [0, 0.1) is 5.92 Å². The van der Waals surface area contributed by atoms with Crippen molar-refractivity contribution in [2.75, 3.05) is 39.3 Å². The van der Waals surface area contributed by atoms with Crippen LogP contribution in [0.15, 0.2) is 0 Å². The van der Waals surface area contributed by atoms with E-state index in [0.717, 1.165) is 25.9 Å². The fourth-order valence-electron chi connectivity index (χ4n) is 2.86. The second-order valence-corrected chi connectivity index (χ2v) is 5.99. The lowest BCUT2D eigenvalue weighted by Gasteiger charge is -2.40. The fourth-order valence-corrected chi connectivity index (χ4v) is 2.86. The van der Waals surface area contributed by atoms with E-state index in [9.17, 15) is 9.59 Å². The number of amides is 2. The Kier molecular flexibility index (Phi) is 4.86. The van der Waals surface area contributed by atoms with Gasteiger partial charge < -0.3 is 14.9 Å². The van der Waals surface area contributed by atoms with Gasteiger partial charge in [0, 0.05) is 39.3 Å². The van der Waals surface area contributed by atoms with Crippen molar-refractivity contribution in [1.29, 1.82) is 0 Å². The van der Waals surface area contributed by atoms with E-state index in [4.69, 9.17) is 5.11 Å². The van der Waals surface area contributed by atoms with Crippen molar-refractivity contribution in [2.24, 2.45) is 5.92 Å². The zero-order chi connectivity index (χ0) is 14.7. The van der Waals surface area contributed by atoms with Gasteiger partial charge in [-0.1, -0.05) is 6.92 Å². The van der Waals surface area contributed by atoms with Gasteiger partial charge in [0.2, 0.25) is 0 Å². The molecule has 2 fully saturated rings. The van der Waals surface area contributed by atoms with Gasteiger partial charge in [-0.15, -0.1) is 0 Å². The van der Waals surface area contributed by atoms with E-state index in [2.05, 4.69) is 6.92 Å². The highest BCUT2D eigenvalue weighted by atomic mass is 16.4. The van der Waals surface area contributed by atoms with Crippen LogP contribution in [0.1, 0.15) is 26.7 Å². The molecule has 0 aromatic carbocycles. The Bertz CT molecular complexity index is 359. The maximum absolute atomic E-state index is 12.4. The molecule has 2 heterocycles. The lowest BCUT2D eigenvalue weighted by Crippen LogP contribution is -2.56. The molecular formula is C14H25N3O3. The van der Waals surface area contributed by atoms with Gasteiger partial charge in [-0.05, 0) is 25.7 Å². The summed E-state index contributed by atoms with van der Waals surface area (Å²) < 4.78 is 0. The summed E-state index contributed by atoms with van der Waals surface area (Å²) in [6.45, 7) is 8.18. The average Bonchev–Trinajstić information content (AvgIpc) is 2.46. The van der Waals surface area contributed by atoms with Gasteiger partial charge in [0.15, 0.2) is 0 Å². The van der Waals surface area contributed by atoms with E-state index >= 15 is 0 Å². The molecule has 1 unspecified atom stereocenters. The number of carbonyl (C=O) groups is 2. The maximum atomic E-state index is 12.4. The number of urea groups is 1. The van der Waals surface area contributed by atoms with Crippen LogP contribution in [0.3, 0.4) is 0 Å². The largest absolute Gasteiger partial charge is 0.480 e. The first-order chi connectivity index (χ1) is 9.49. The van der Waals surface area contributed by atoms with E-state index in [1.165, 1.54) is 0 Å². The van der Waals surface area contributed by atoms with Crippen molar-refractivity contribution in [3.63, 3.8) is 0 Å². The lowest BCUT2D eigenvalue weighted by molar-refractivity contribution is -0.143. The van der Waals surface area contributed by atoms with Crippen molar-refractivity contribution in [2.45, 2.75) is 32.7 Å². The van der Waals surface area contributed by atoms with Crippen molar-refractivity contribution in [3.05, 3.63) is 0 Å². The van der Waals surface area contributed by atoms with Gasteiger partial charge in [0.1, 0.15) is 6.04 Å². The standard InChI is InChI=1S/C14H25N3O3/c1-11-3-5-16(6-4-11)14(20)17-9-7-15(8-10-17)12(2)13(18)19/h11-12H,3-10H2,1-2H3,(H,18,19). The molecule has 20 heavy (non-hydrogen) atoms. The summed E-state index contributed by atoms with van der Waals surface area (Å²) in [5.41, 5.74) is 0.